The fourth-order valence-electron chi connectivity index (χ4n) is 2.91. The molecule has 29 heavy (non-hydrogen) atoms. The molecule has 4 heteroatoms. The molecule has 0 radical (unpaired) electrons. The number of rotatable bonds is 5. The summed E-state index contributed by atoms with van der Waals surface area (Å²) in [5.41, 5.74) is 4.35. The lowest BCUT2D eigenvalue weighted by Crippen LogP contribution is -2.32. The molecular weight excluding hydrogens is 358 g/mol. The fraction of sp³-hybridized carbons (Fsp3) is 0.240. The second-order valence-electron chi connectivity index (χ2n) is 8.13. The van der Waals surface area contributed by atoms with Crippen LogP contribution in [0.3, 0.4) is 0 Å². The number of guanidine groups is 1. The van der Waals surface area contributed by atoms with Crippen molar-refractivity contribution in [1.29, 1.82) is 5.41 Å². The highest BCUT2D eigenvalue weighted by Gasteiger charge is 2.14. The van der Waals surface area contributed by atoms with Crippen molar-refractivity contribution in [3.05, 3.63) is 90.0 Å². The predicted molar refractivity (Wildman–Crippen MR) is 122 cm³/mol. The van der Waals surface area contributed by atoms with Crippen molar-refractivity contribution < 1.29 is 4.74 Å². The zero-order valence-corrected chi connectivity index (χ0v) is 17.6. The summed E-state index contributed by atoms with van der Waals surface area (Å²) in [5.74, 6) is 1.11. The van der Waals surface area contributed by atoms with E-state index in [1.807, 2.05) is 66.5 Å². The topological polar surface area (TPSA) is 48.4 Å². The Kier molecular flexibility index (Phi) is 6.23. The molecule has 0 aromatic heterocycles. The Bertz CT molecular complexity index is 927. The molecule has 0 aliphatic rings. The van der Waals surface area contributed by atoms with Gasteiger partial charge in [-0.2, -0.15) is 0 Å². The fourth-order valence-corrected chi connectivity index (χ4v) is 2.91. The Morgan fingerprint density at radius 3 is 2.10 bits per heavy atom. The molecule has 150 valence electrons. The molecule has 0 heterocycles. The number of nitrogens with one attached hydrogen (secondary N) is 2. The first-order valence-electron chi connectivity index (χ1n) is 9.79. The number of nitrogens with zero attached hydrogens (tertiary/aromatic N) is 1. The van der Waals surface area contributed by atoms with Crippen LogP contribution >= 0.6 is 0 Å². The summed E-state index contributed by atoms with van der Waals surface area (Å²) in [6, 6.07) is 26.1. The van der Waals surface area contributed by atoms with Crippen LogP contribution in [-0.2, 0) is 12.0 Å². The molecule has 2 N–H and O–H groups in total. The third-order valence-electron chi connectivity index (χ3n) is 4.82. The maximum atomic E-state index is 8.38. The van der Waals surface area contributed by atoms with Crippen LogP contribution in [0.1, 0.15) is 31.9 Å². The van der Waals surface area contributed by atoms with Gasteiger partial charge in [0.05, 0.1) is 0 Å². The average molecular weight is 388 g/mol. The molecular formula is C25H29N3O. The smallest absolute Gasteiger partial charge is 0.199 e. The standard InChI is InChI=1S/C25H29N3O/c1-25(2,3)20-10-14-22(15-11-20)28(4)24(26)27-21-12-16-23(17-13-21)29-18-19-8-6-5-7-9-19/h5-17H,18H2,1-4H3,(H2,26,27). The number of anilines is 2. The van der Waals surface area contributed by atoms with Crippen molar-refractivity contribution in [2.24, 2.45) is 0 Å². The van der Waals surface area contributed by atoms with Gasteiger partial charge in [-0.3, -0.25) is 5.41 Å². The van der Waals surface area contributed by atoms with Crippen LogP contribution in [-0.4, -0.2) is 13.0 Å². The van der Waals surface area contributed by atoms with Crippen LogP contribution in [0, 0.1) is 5.41 Å². The zero-order valence-electron chi connectivity index (χ0n) is 17.6. The van der Waals surface area contributed by atoms with Gasteiger partial charge < -0.3 is 15.0 Å². The van der Waals surface area contributed by atoms with Gasteiger partial charge in [0.15, 0.2) is 5.96 Å². The molecule has 0 spiro atoms. The lowest BCUT2D eigenvalue weighted by molar-refractivity contribution is 0.306. The van der Waals surface area contributed by atoms with Crippen molar-refractivity contribution in [2.45, 2.75) is 32.8 Å². The van der Waals surface area contributed by atoms with E-state index in [0.29, 0.717) is 12.6 Å². The Morgan fingerprint density at radius 1 is 0.897 bits per heavy atom. The largest absolute Gasteiger partial charge is 0.489 e. The second kappa shape index (κ2) is 8.82. The lowest BCUT2D eigenvalue weighted by atomic mass is 9.87. The normalized spacial score (nSPS) is 11.0. The monoisotopic (exact) mass is 387 g/mol. The maximum absolute atomic E-state index is 8.38. The van der Waals surface area contributed by atoms with Crippen LogP contribution < -0.4 is 15.0 Å². The number of ether oxygens (including phenoxy) is 1. The summed E-state index contributed by atoms with van der Waals surface area (Å²) in [7, 11) is 1.89. The highest BCUT2D eigenvalue weighted by Crippen LogP contribution is 2.25. The lowest BCUT2D eigenvalue weighted by Gasteiger charge is -2.23. The molecule has 0 unspecified atom stereocenters. The molecule has 0 fully saturated rings. The molecule has 0 amide bonds. The van der Waals surface area contributed by atoms with Crippen molar-refractivity contribution in [2.75, 3.05) is 17.3 Å². The summed E-state index contributed by atoms with van der Waals surface area (Å²) in [4.78, 5) is 1.83. The van der Waals surface area contributed by atoms with Gasteiger partial charge in [-0.1, -0.05) is 63.2 Å². The highest BCUT2D eigenvalue weighted by molar-refractivity contribution is 6.02. The van der Waals surface area contributed by atoms with E-state index in [2.05, 4.69) is 50.4 Å². The van der Waals surface area contributed by atoms with E-state index in [1.165, 1.54) is 5.56 Å². The first-order chi connectivity index (χ1) is 13.8. The third-order valence-corrected chi connectivity index (χ3v) is 4.82. The van der Waals surface area contributed by atoms with Crippen LogP contribution in [0.5, 0.6) is 5.75 Å². The van der Waals surface area contributed by atoms with Gasteiger partial charge in [-0.25, -0.2) is 0 Å². The van der Waals surface area contributed by atoms with Crippen molar-refractivity contribution in [1.82, 2.24) is 0 Å². The van der Waals surface area contributed by atoms with Gasteiger partial charge in [-0.15, -0.1) is 0 Å². The number of benzene rings is 3. The molecule has 0 bridgehead atoms. The van der Waals surface area contributed by atoms with Crippen molar-refractivity contribution >= 4 is 17.3 Å². The Morgan fingerprint density at radius 2 is 1.52 bits per heavy atom. The second-order valence-corrected chi connectivity index (χ2v) is 8.13. The van der Waals surface area contributed by atoms with Gasteiger partial charge in [0.2, 0.25) is 0 Å². The molecule has 0 saturated heterocycles. The van der Waals surface area contributed by atoms with Crippen LogP contribution in [0.25, 0.3) is 0 Å². The van der Waals surface area contributed by atoms with E-state index >= 15 is 0 Å². The van der Waals surface area contributed by atoms with Crippen LogP contribution in [0.4, 0.5) is 11.4 Å². The number of hydrogen-bond acceptors (Lipinski definition) is 2. The molecule has 3 aromatic carbocycles. The van der Waals surface area contributed by atoms with E-state index in [-0.39, 0.29) is 5.41 Å². The predicted octanol–water partition coefficient (Wildman–Crippen LogP) is 6.05. The first-order valence-corrected chi connectivity index (χ1v) is 9.79. The Balaban J connectivity index is 1.57. The van der Waals surface area contributed by atoms with Crippen LogP contribution in [0.2, 0.25) is 0 Å². The zero-order chi connectivity index (χ0) is 20.9. The molecule has 3 aromatic rings. The quantitative estimate of drug-likeness (QED) is 0.414. The maximum Gasteiger partial charge on any atom is 0.199 e. The van der Waals surface area contributed by atoms with Crippen molar-refractivity contribution in [3.8, 4) is 5.75 Å². The molecule has 4 nitrogen and oxygen atoms in total. The average Bonchev–Trinajstić information content (AvgIpc) is 2.73. The van der Waals surface area contributed by atoms with Crippen molar-refractivity contribution in [3.63, 3.8) is 0 Å². The van der Waals surface area contributed by atoms with E-state index in [1.54, 1.807) is 0 Å². The Labute approximate surface area is 173 Å². The molecule has 0 aliphatic heterocycles. The van der Waals surface area contributed by atoms with Gasteiger partial charge >= 0.3 is 0 Å². The van der Waals surface area contributed by atoms with Gasteiger partial charge in [0.1, 0.15) is 12.4 Å². The molecule has 0 aliphatic carbocycles. The third kappa shape index (κ3) is 5.61. The van der Waals surface area contributed by atoms with E-state index in [4.69, 9.17) is 10.1 Å². The number of hydrogen-bond donors (Lipinski definition) is 2. The molecule has 0 saturated carbocycles. The summed E-state index contributed by atoms with van der Waals surface area (Å²) in [5, 5.41) is 11.5. The van der Waals surface area contributed by atoms with Gasteiger partial charge in [0, 0.05) is 18.4 Å². The van der Waals surface area contributed by atoms with E-state index in [9.17, 15) is 0 Å². The highest BCUT2D eigenvalue weighted by atomic mass is 16.5. The summed E-state index contributed by atoms with van der Waals surface area (Å²) >= 11 is 0. The minimum atomic E-state index is 0.118. The first kappa shape index (κ1) is 20.5. The summed E-state index contributed by atoms with van der Waals surface area (Å²) in [6.07, 6.45) is 0. The minimum absolute atomic E-state index is 0.118. The Hall–Kier alpha value is -3.27. The molecule has 3 rings (SSSR count). The van der Waals surface area contributed by atoms with Gasteiger partial charge in [0.25, 0.3) is 0 Å². The SMILES string of the molecule is CN(C(=N)Nc1ccc(OCc2ccccc2)cc1)c1ccc(C(C)(C)C)cc1. The van der Waals surface area contributed by atoms with Crippen LogP contribution in [0.15, 0.2) is 78.9 Å². The van der Waals surface area contributed by atoms with E-state index < -0.39 is 0 Å². The summed E-state index contributed by atoms with van der Waals surface area (Å²) in [6.45, 7) is 7.13. The minimum Gasteiger partial charge on any atom is -0.489 e. The molecule has 0 atom stereocenters. The van der Waals surface area contributed by atoms with Gasteiger partial charge in [-0.05, 0) is 52.9 Å². The summed E-state index contributed by atoms with van der Waals surface area (Å²) < 4.78 is 5.82. The van der Waals surface area contributed by atoms with E-state index in [0.717, 1.165) is 22.7 Å².